The molecule has 16 heavy (non-hydrogen) atoms. The Labute approximate surface area is 101 Å². The van der Waals surface area contributed by atoms with Crippen molar-refractivity contribution in [2.75, 3.05) is 5.75 Å². The molecule has 0 saturated heterocycles. The Morgan fingerprint density at radius 2 is 1.81 bits per heavy atom. The minimum absolute atomic E-state index is 0.234. The Kier molecular flexibility index (Phi) is 5.49. The third-order valence-corrected chi connectivity index (χ3v) is 5.30. The molecule has 0 N–H and O–H groups in total. The van der Waals surface area contributed by atoms with Crippen molar-refractivity contribution in [3.63, 3.8) is 0 Å². The Morgan fingerprint density at radius 1 is 1.12 bits per heavy atom. The van der Waals surface area contributed by atoms with E-state index in [1.165, 1.54) is 11.3 Å². The van der Waals surface area contributed by atoms with Crippen LogP contribution in [0.1, 0.15) is 19.8 Å². The zero-order valence-corrected chi connectivity index (χ0v) is 10.9. The lowest BCUT2D eigenvalue weighted by Crippen LogP contribution is -2.04. The first-order valence-corrected chi connectivity index (χ1v) is 7.79. The topological polar surface area (TPSA) is 34.1 Å². The van der Waals surface area contributed by atoms with Crippen LogP contribution in [0, 0.1) is 0 Å². The van der Waals surface area contributed by atoms with Crippen molar-refractivity contribution in [2.24, 2.45) is 0 Å². The van der Waals surface area contributed by atoms with E-state index in [0.29, 0.717) is 10.6 Å². The third kappa shape index (κ3) is 4.33. The molecule has 0 aliphatic heterocycles. The van der Waals surface area contributed by atoms with E-state index < -0.39 is 9.84 Å². The van der Waals surface area contributed by atoms with E-state index >= 15 is 0 Å². The van der Waals surface area contributed by atoms with Gasteiger partial charge in [0, 0.05) is 0 Å². The summed E-state index contributed by atoms with van der Waals surface area (Å²) in [5.41, 5.74) is 0. The van der Waals surface area contributed by atoms with Crippen molar-refractivity contribution in [3.05, 3.63) is 41.8 Å². The molecule has 0 bridgehead atoms. The minimum Gasteiger partial charge on any atom is -0.223 e. The fraction of sp³-hybridized carbons (Fsp3) is 0.333. The first-order valence-electron chi connectivity index (χ1n) is 5.26. The summed E-state index contributed by atoms with van der Waals surface area (Å²) in [6.45, 7) is 1.99. The largest absolute Gasteiger partial charge is 0.223 e. The Morgan fingerprint density at radius 3 is 2.56 bits per heavy atom. The SMILES string of the molecule is CCCCS(=O)(=O)c1cccccccs1. The summed E-state index contributed by atoms with van der Waals surface area (Å²) in [4.78, 5) is 0. The molecule has 0 aliphatic carbocycles. The van der Waals surface area contributed by atoms with Crippen LogP contribution in [0.2, 0.25) is 0 Å². The van der Waals surface area contributed by atoms with Gasteiger partial charge in [0.1, 0.15) is 4.21 Å². The van der Waals surface area contributed by atoms with Gasteiger partial charge in [-0.05, 0) is 17.9 Å². The summed E-state index contributed by atoms with van der Waals surface area (Å²) in [7, 11) is -3.11. The highest BCUT2D eigenvalue weighted by Crippen LogP contribution is 2.15. The van der Waals surface area contributed by atoms with Crippen LogP contribution in [0.3, 0.4) is 0 Å². The van der Waals surface area contributed by atoms with Crippen LogP contribution in [0.4, 0.5) is 0 Å². The second kappa shape index (κ2) is 6.66. The highest BCUT2D eigenvalue weighted by atomic mass is 32.2. The van der Waals surface area contributed by atoms with Crippen LogP contribution in [-0.4, -0.2) is 14.2 Å². The van der Waals surface area contributed by atoms with Crippen molar-refractivity contribution >= 4 is 21.2 Å². The van der Waals surface area contributed by atoms with Crippen LogP contribution in [-0.2, 0) is 9.84 Å². The second-order valence-electron chi connectivity index (χ2n) is 3.37. The lowest BCUT2D eigenvalue weighted by atomic mass is 10.4. The van der Waals surface area contributed by atoms with Crippen molar-refractivity contribution in [3.8, 4) is 0 Å². The van der Waals surface area contributed by atoms with Crippen LogP contribution in [0.5, 0.6) is 0 Å². The van der Waals surface area contributed by atoms with Crippen molar-refractivity contribution in [1.29, 1.82) is 0 Å². The summed E-state index contributed by atoms with van der Waals surface area (Å²) < 4.78 is 24.3. The van der Waals surface area contributed by atoms with E-state index in [9.17, 15) is 8.42 Å². The first-order chi connectivity index (χ1) is 7.67. The van der Waals surface area contributed by atoms with Crippen molar-refractivity contribution < 1.29 is 8.42 Å². The fourth-order valence-corrected chi connectivity index (χ4v) is 3.75. The second-order valence-corrected chi connectivity index (χ2v) is 6.66. The molecule has 1 rings (SSSR count). The molecule has 0 unspecified atom stereocenters. The molecule has 0 spiro atoms. The molecule has 0 radical (unpaired) electrons. The molecule has 0 aliphatic rings. The van der Waals surface area contributed by atoms with E-state index in [0.717, 1.165) is 6.42 Å². The van der Waals surface area contributed by atoms with Gasteiger partial charge in [-0.3, -0.25) is 0 Å². The molecule has 1 heterocycles. The number of unbranched alkanes of at least 4 members (excludes halogenated alkanes) is 1. The van der Waals surface area contributed by atoms with Gasteiger partial charge < -0.3 is 0 Å². The van der Waals surface area contributed by atoms with E-state index in [1.807, 2.05) is 31.2 Å². The van der Waals surface area contributed by atoms with Crippen LogP contribution >= 0.6 is 11.3 Å². The van der Waals surface area contributed by atoms with Crippen LogP contribution in [0.15, 0.2) is 46.0 Å². The summed E-state index contributed by atoms with van der Waals surface area (Å²) >= 11 is 1.26. The predicted molar refractivity (Wildman–Crippen MR) is 68.9 cm³/mol. The highest BCUT2D eigenvalue weighted by Gasteiger charge is 2.12. The Bertz CT molecular complexity index is 435. The number of hydrogen-bond acceptors (Lipinski definition) is 3. The van der Waals surface area contributed by atoms with Gasteiger partial charge in [0.2, 0.25) is 0 Å². The number of rotatable bonds is 4. The van der Waals surface area contributed by atoms with Gasteiger partial charge in [-0.2, -0.15) is 0 Å². The maximum absolute atomic E-state index is 11.9. The van der Waals surface area contributed by atoms with E-state index in [1.54, 1.807) is 17.5 Å². The van der Waals surface area contributed by atoms with Gasteiger partial charge >= 0.3 is 0 Å². The van der Waals surface area contributed by atoms with Gasteiger partial charge in [-0.15, -0.1) is 11.3 Å². The van der Waals surface area contributed by atoms with Gasteiger partial charge in [0.25, 0.3) is 0 Å². The van der Waals surface area contributed by atoms with Gasteiger partial charge in [-0.25, -0.2) is 8.42 Å². The van der Waals surface area contributed by atoms with Gasteiger partial charge in [0.05, 0.1) is 5.75 Å². The van der Waals surface area contributed by atoms with Crippen molar-refractivity contribution in [2.45, 2.75) is 24.0 Å². The quantitative estimate of drug-likeness (QED) is 0.827. The molecular formula is C12H16O2S2. The monoisotopic (exact) mass is 256 g/mol. The Balaban J connectivity index is 3.09. The third-order valence-electron chi connectivity index (χ3n) is 2.01. The van der Waals surface area contributed by atoms with Crippen LogP contribution in [0.25, 0.3) is 0 Å². The summed E-state index contributed by atoms with van der Waals surface area (Å²) in [5, 5.41) is 1.79. The molecule has 88 valence electrons. The lowest BCUT2D eigenvalue weighted by molar-refractivity contribution is 0.594. The first kappa shape index (κ1) is 13.2. The van der Waals surface area contributed by atoms with Crippen LogP contribution < -0.4 is 0 Å². The molecule has 0 atom stereocenters. The summed E-state index contributed by atoms with van der Waals surface area (Å²) in [5.74, 6) is 0.234. The summed E-state index contributed by atoms with van der Waals surface area (Å²) in [6.07, 6.45) is 1.61. The average Bonchev–Trinajstić information content (AvgIpc) is 2.39. The molecular weight excluding hydrogens is 240 g/mol. The number of hydrogen-bond donors (Lipinski definition) is 0. The molecule has 2 nitrogen and oxygen atoms in total. The minimum atomic E-state index is -3.11. The van der Waals surface area contributed by atoms with Gasteiger partial charge in [0.15, 0.2) is 9.84 Å². The molecule has 0 aromatic carbocycles. The number of sulfone groups is 1. The van der Waals surface area contributed by atoms with E-state index in [2.05, 4.69) is 0 Å². The normalized spacial score (nSPS) is 10.8. The fourth-order valence-electron chi connectivity index (χ4n) is 1.13. The molecule has 0 fully saturated rings. The smallest absolute Gasteiger partial charge is 0.187 e. The zero-order valence-electron chi connectivity index (χ0n) is 9.30. The molecule has 0 saturated carbocycles. The Hall–Kier alpha value is -0.870. The van der Waals surface area contributed by atoms with Gasteiger partial charge in [-0.1, -0.05) is 43.7 Å². The summed E-state index contributed by atoms with van der Waals surface area (Å²) in [6, 6.07) is 10.8. The van der Waals surface area contributed by atoms with Crippen molar-refractivity contribution in [1.82, 2.24) is 0 Å². The molecule has 1 aromatic heterocycles. The lowest BCUT2D eigenvalue weighted by Gasteiger charge is -1.99. The average molecular weight is 256 g/mol. The standard InChI is InChI=1S/C12H16O2S2/c1-2-3-11-16(13,14)12-9-7-5-4-6-8-10-15-12/h4-10H,2-3,11H2,1H3. The maximum Gasteiger partial charge on any atom is 0.187 e. The molecule has 1 aromatic rings. The molecule has 0 amide bonds. The predicted octanol–water partition coefficient (Wildman–Crippen LogP) is 3.45. The highest BCUT2D eigenvalue weighted by molar-refractivity contribution is 7.93. The maximum atomic E-state index is 11.9. The van der Waals surface area contributed by atoms with E-state index in [4.69, 9.17) is 0 Å². The molecule has 4 heteroatoms. The zero-order chi connectivity index (χ0) is 11.9. The van der Waals surface area contributed by atoms with E-state index in [-0.39, 0.29) is 5.75 Å².